The first-order chi connectivity index (χ1) is 10.3. The summed E-state index contributed by atoms with van der Waals surface area (Å²) < 4.78 is 16.5. The zero-order valence-corrected chi connectivity index (χ0v) is 13.5. The van der Waals surface area contributed by atoms with Gasteiger partial charge in [-0.25, -0.2) is 0 Å². The van der Waals surface area contributed by atoms with Crippen LogP contribution in [0.25, 0.3) is 0 Å². The fraction of sp³-hybridized carbons (Fsp3) is 0.647. The maximum Gasteiger partial charge on any atom is 0.203 e. The van der Waals surface area contributed by atoms with Crippen LogP contribution < -0.4 is 14.2 Å². The van der Waals surface area contributed by atoms with E-state index in [1.807, 2.05) is 0 Å². The minimum Gasteiger partial charge on any atom is -0.493 e. The Kier molecular flexibility index (Phi) is 8.67. The Morgan fingerprint density at radius 1 is 0.905 bits per heavy atom. The quantitative estimate of drug-likeness (QED) is 0.628. The molecular formula is C17H28O4. The van der Waals surface area contributed by atoms with Gasteiger partial charge in [0.25, 0.3) is 0 Å². The van der Waals surface area contributed by atoms with Gasteiger partial charge < -0.3 is 19.3 Å². The molecule has 21 heavy (non-hydrogen) atoms. The number of unbranched alkanes of at least 4 members (excludes halogenated alkanes) is 5. The molecule has 4 nitrogen and oxygen atoms in total. The van der Waals surface area contributed by atoms with Gasteiger partial charge in [-0.2, -0.15) is 0 Å². The van der Waals surface area contributed by atoms with E-state index in [9.17, 15) is 5.11 Å². The summed E-state index contributed by atoms with van der Waals surface area (Å²) in [6, 6.07) is 3.55. The first-order valence-corrected chi connectivity index (χ1v) is 7.75. The van der Waals surface area contributed by atoms with Gasteiger partial charge in [-0.05, 0) is 24.1 Å². The molecule has 0 saturated heterocycles. The van der Waals surface area contributed by atoms with Crippen molar-refractivity contribution in [2.75, 3.05) is 20.8 Å². The lowest BCUT2D eigenvalue weighted by Gasteiger charge is -2.15. The number of aliphatic hydroxyl groups excluding tert-OH is 1. The second-order valence-corrected chi connectivity index (χ2v) is 5.10. The monoisotopic (exact) mass is 296 g/mol. The van der Waals surface area contributed by atoms with Crippen LogP contribution in [0.4, 0.5) is 0 Å². The SMILES string of the molecule is CCCCCCCCOc1c(OC)cc(CO)cc1OC. The number of methoxy groups -OCH3 is 2. The van der Waals surface area contributed by atoms with Crippen LogP contribution in [0.1, 0.15) is 51.0 Å². The first-order valence-electron chi connectivity index (χ1n) is 7.75. The Bertz CT molecular complexity index is 379. The molecule has 0 aliphatic carbocycles. The van der Waals surface area contributed by atoms with Crippen molar-refractivity contribution in [1.29, 1.82) is 0 Å². The molecule has 1 aromatic carbocycles. The van der Waals surface area contributed by atoms with Crippen molar-refractivity contribution < 1.29 is 19.3 Å². The number of benzene rings is 1. The third kappa shape index (κ3) is 5.84. The maximum atomic E-state index is 9.23. The third-order valence-corrected chi connectivity index (χ3v) is 3.45. The number of aliphatic hydroxyl groups is 1. The van der Waals surface area contributed by atoms with Gasteiger partial charge in [-0.15, -0.1) is 0 Å². The van der Waals surface area contributed by atoms with Gasteiger partial charge in [0.05, 0.1) is 27.4 Å². The highest BCUT2D eigenvalue weighted by Gasteiger charge is 2.13. The summed E-state index contributed by atoms with van der Waals surface area (Å²) >= 11 is 0. The van der Waals surface area contributed by atoms with Crippen molar-refractivity contribution in [3.63, 3.8) is 0 Å². The van der Waals surface area contributed by atoms with E-state index in [2.05, 4.69) is 6.92 Å². The molecule has 1 rings (SSSR count). The van der Waals surface area contributed by atoms with Crippen LogP contribution in [0.15, 0.2) is 12.1 Å². The normalized spacial score (nSPS) is 10.5. The Morgan fingerprint density at radius 3 is 2.00 bits per heavy atom. The summed E-state index contributed by atoms with van der Waals surface area (Å²) in [5.74, 6) is 1.82. The molecule has 0 heterocycles. The summed E-state index contributed by atoms with van der Waals surface area (Å²) in [6.07, 6.45) is 7.34. The van der Waals surface area contributed by atoms with Crippen LogP contribution in [0, 0.1) is 0 Å². The van der Waals surface area contributed by atoms with Crippen molar-refractivity contribution >= 4 is 0 Å². The van der Waals surface area contributed by atoms with E-state index < -0.39 is 0 Å². The molecule has 1 N–H and O–H groups in total. The zero-order chi connectivity index (χ0) is 15.5. The molecular weight excluding hydrogens is 268 g/mol. The summed E-state index contributed by atoms with van der Waals surface area (Å²) in [4.78, 5) is 0. The van der Waals surface area contributed by atoms with Crippen molar-refractivity contribution in [3.8, 4) is 17.2 Å². The zero-order valence-electron chi connectivity index (χ0n) is 13.5. The van der Waals surface area contributed by atoms with Gasteiger partial charge in [0.2, 0.25) is 5.75 Å². The highest BCUT2D eigenvalue weighted by molar-refractivity contribution is 5.53. The number of rotatable bonds is 11. The lowest BCUT2D eigenvalue weighted by atomic mass is 10.1. The Labute approximate surface area is 128 Å². The van der Waals surface area contributed by atoms with E-state index in [0.29, 0.717) is 23.9 Å². The molecule has 120 valence electrons. The van der Waals surface area contributed by atoms with Gasteiger partial charge in [0, 0.05) is 0 Å². The third-order valence-electron chi connectivity index (χ3n) is 3.45. The maximum absolute atomic E-state index is 9.23. The first kappa shape index (κ1) is 17.6. The van der Waals surface area contributed by atoms with Crippen LogP contribution in [-0.2, 0) is 6.61 Å². The van der Waals surface area contributed by atoms with E-state index >= 15 is 0 Å². The molecule has 0 atom stereocenters. The number of hydrogen-bond acceptors (Lipinski definition) is 4. The fourth-order valence-electron chi connectivity index (χ4n) is 2.22. The predicted octanol–water partition coefficient (Wildman–Crippen LogP) is 3.94. The summed E-state index contributed by atoms with van der Waals surface area (Å²) in [7, 11) is 3.18. The average Bonchev–Trinajstić information content (AvgIpc) is 2.53. The molecule has 0 saturated carbocycles. The molecule has 1 aromatic rings. The molecule has 0 amide bonds. The van der Waals surface area contributed by atoms with Crippen molar-refractivity contribution in [2.24, 2.45) is 0 Å². The molecule has 0 aromatic heterocycles. The molecule has 0 bridgehead atoms. The van der Waals surface area contributed by atoms with Crippen molar-refractivity contribution in [2.45, 2.75) is 52.1 Å². The highest BCUT2D eigenvalue weighted by atomic mass is 16.5. The largest absolute Gasteiger partial charge is 0.493 e. The van der Waals surface area contributed by atoms with Crippen molar-refractivity contribution in [1.82, 2.24) is 0 Å². The number of hydrogen-bond donors (Lipinski definition) is 1. The standard InChI is InChI=1S/C17H28O4/c1-4-5-6-7-8-9-10-21-17-15(19-2)11-14(13-18)12-16(17)20-3/h11-12,18H,4-10,13H2,1-3H3. The second-order valence-electron chi connectivity index (χ2n) is 5.10. The smallest absolute Gasteiger partial charge is 0.203 e. The van der Waals surface area contributed by atoms with Crippen molar-refractivity contribution in [3.05, 3.63) is 17.7 Å². The Morgan fingerprint density at radius 2 is 1.48 bits per heavy atom. The molecule has 4 heteroatoms. The molecule has 0 unspecified atom stereocenters. The Hall–Kier alpha value is -1.42. The topological polar surface area (TPSA) is 47.9 Å². The molecule has 0 aliphatic heterocycles. The minimum absolute atomic E-state index is 0.0512. The second kappa shape index (κ2) is 10.3. The van der Waals surface area contributed by atoms with Gasteiger partial charge in [0.1, 0.15) is 0 Å². The van der Waals surface area contributed by atoms with Gasteiger partial charge in [-0.3, -0.25) is 0 Å². The van der Waals surface area contributed by atoms with E-state index in [1.54, 1.807) is 26.4 Å². The fourth-order valence-corrected chi connectivity index (χ4v) is 2.22. The Balaban J connectivity index is 2.53. The average molecular weight is 296 g/mol. The van der Waals surface area contributed by atoms with Crippen LogP contribution in [0.3, 0.4) is 0 Å². The molecule has 0 aliphatic rings. The molecule has 0 fully saturated rings. The summed E-state index contributed by atoms with van der Waals surface area (Å²) in [6.45, 7) is 2.82. The number of ether oxygens (including phenoxy) is 3. The highest BCUT2D eigenvalue weighted by Crippen LogP contribution is 2.38. The lowest BCUT2D eigenvalue weighted by molar-refractivity contribution is 0.261. The van der Waals surface area contributed by atoms with E-state index in [1.165, 1.54) is 32.1 Å². The van der Waals surface area contributed by atoms with E-state index in [0.717, 1.165) is 12.0 Å². The van der Waals surface area contributed by atoms with Crippen LogP contribution >= 0.6 is 0 Å². The lowest BCUT2D eigenvalue weighted by Crippen LogP contribution is -2.02. The molecule has 0 radical (unpaired) electrons. The van der Waals surface area contributed by atoms with Gasteiger partial charge >= 0.3 is 0 Å². The summed E-state index contributed by atoms with van der Waals surface area (Å²) in [5, 5.41) is 9.23. The molecule has 0 spiro atoms. The van der Waals surface area contributed by atoms with Gasteiger partial charge in [-0.1, -0.05) is 39.0 Å². The summed E-state index contributed by atoms with van der Waals surface area (Å²) in [5.41, 5.74) is 0.746. The van der Waals surface area contributed by atoms with Crippen LogP contribution in [0.2, 0.25) is 0 Å². The van der Waals surface area contributed by atoms with E-state index in [-0.39, 0.29) is 6.61 Å². The van der Waals surface area contributed by atoms with Gasteiger partial charge in [0.15, 0.2) is 11.5 Å². The van der Waals surface area contributed by atoms with E-state index in [4.69, 9.17) is 14.2 Å². The van der Waals surface area contributed by atoms with Crippen LogP contribution in [-0.4, -0.2) is 25.9 Å². The minimum atomic E-state index is -0.0512. The predicted molar refractivity (Wildman–Crippen MR) is 84.3 cm³/mol. The van der Waals surface area contributed by atoms with Crippen LogP contribution in [0.5, 0.6) is 17.2 Å².